The molecule has 7 heteroatoms. The summed E-state index contributed by atoms with van der Waals surface area (Å²) in [5.41, 5.74) is 0. The molecule has 0 aliphatic carbocycles. The maximum atomic E-state index is 13.1. The van der Waals surface area contributed by atoms with Crippen LogP contribution in [0.1, 0.15) is 9.67 Å². The van der Waals surface area contributed by atoms with Gasteiger partial charge in [-0.1, -0.05) is 6.07 Å². The van der Waals surface area contributed by atoms with Crippen molar-refractivity contribution in [2.75, 3.05) is 26.3 Å². The van der Waals surface area contributed by atoms with Gasteiger partial charge in [-0.15, -0.1) is 11.3 Å². The number of ether oxygens (including phenoxy) is 2. The van der Waals surface area contributed by atoms with Gasteiger partial charge in [-0.2, -0.15) is 0 Å². The first-order chi connectivity index (χ1) is 11.1. The van der Waals surface area contributed by atoms with Gasteiger partial charge in [0.15, 0.2) is 11.6 Å². The largest absolute Gasteiger partial charge is 0.491 e. The molecule has 1 aliphatic rings. The lowest BCUT2D eigenvalue weighted by molar-refractivity contribution is -0.0400. The van der Waals surface area contributed by atoms with E-state index in [9.17, 15) is 13.6 Å². The third-order valence-electron chi connectivity index (χ3n) is 3.48. The summed E-state index contributed by atoms with van der Waals surface area (Å²) in [4.78, 5) is 14.7. The predicted molar refractivity (Wildman–Crippen MR) is 81.8 cm³/mol. The number of hydrogen-bond acceptors (Lipinski definition) is 4. The van der Waals surface area contributed by atoms with Crippen LogP contribution in [0, 0.1) is 11.6 Å². The number of halogens is 2. The number of amides is 1. The second-order valence-corrected chi connectivity index (χ2v) is 6.06. The molecule has 1 saturated heterocycles. The van der Waals surface area contributed by atoms with E-state index in [2.05, 4.69) is 0 Å². The molecule has 0 radical (unpaired) electrons. The van der Waals surface area contributed by atoms with Crippen molar-refractivity contribution >= 4 is 17.2 Å². The van der Waals surface area contributed by atoms with E-state index in [1.807, 2.05) is 11.4 Å². The van der Waals surface area contributed by atoms with Gasteiger partial charge in [0.05, 0.1) is 18.0 Å². The van der Waals surface area contributed by atoms with Crippen LogP contribution in [0.15, 0.2) is 35.7 Å². The summed E-state index contributed by atoms with van der Waals surface area (Å²) in [6, 6.07) is 6.98. The molecule has 0 saturated carbocycles. The van der Waals surface area contributed by atoms with Crippen molar-refractivity contribution in [2.45, 2.75) is 6.10 Å². The number of carbonyl (C=O) groups is 1. The molecule has 1 aromatic heterocycles. The fourth-order valence-electron chi connectivity index (χ4n) is 2.32. The zero-order valence-corrected chi connectivity index (χ0v) is 13.0. The normalized spacial score (nSPS) is 18.0. The third kappa shape index (κ3) is 3.86. The molecule has 122 valence electrons. The Balaban J connectivity index is 1.56. The van der Waals surface area contributed by atoms with Crippen LogP contribution >= 0.6 is 11.3 Å². The van der Waals surface area contributed by atoms with Crippen LogP contribution < -0.4 is 4.74 Å². The van der Waals surface area contributed by atoms with Crippen LogP contribution in [0.3, 0.4) is 0 Å². The minimum atomic E-state index is -0.957. The molecular weight excluding hydrogens is 324 g/mol. The zero-order valence-electron chi connectivity index (χ0n) is 12.2. The van der Waals surface area contributed by atoms with Gasteiger partial charge in [0.1, 0.15) is 18.5 Å². The molecule has 1 amide bonds. The smallest absolute Gasteiger partial charge is 0.264 e. The van der Waals surface area contributed by atoms with Crippen LogP contribution in [-0.2, 0) is 4.74 Å². The Bertz CT molecular complexity index is 678. The Morgan fingerprint density at radius 3 is 2.96 bits per heavy atom. The van der Waals surface area contributed by atoms with Crippen molar-refractivity contribution in [3.63, 3.8) is 0 Å². The highest BCUT2D eigenvalue weighted by atomic mass is 32.1. The maximum absolute atomic E-state index is 13.1. The average molecular weight is 339 g/mol. The number of thiophene rings is 1. The molecule has 1 atom stereocenters. The van der Waals surface area contributed by atoms with Crippen LogP contribution in [-0.4, -0.2) is 43.2 Å². The van der Waals surface area contributed by atoms with Crippen molar-refractivity contribution in [1.82, 2.24) is 4.90 Å². The van der Waals surface area contributed by atoms with Gasteiger partial charge in [0.2, 0.25) is 0 Å². The molecule has 0 spiro atoms. The zero-order chi connectivity index (χ0) is 16.2. The van der Waals surface area contributed by atoms with Crippen LogP contribution in [0.4, 0.5) is 8.78 Å². The minimum Gasteiger partial charge on any atom is -0.491 e. The van der Waals surface area contributed by atoms with Crippen molar-refractivity contribution < 1.29 is 23.0 Å². The second-order valence-electron chi connectivity index (χ2n) is 5.11. The molecule has 1 fully saturated rings. The Kier molecular flexibility index (Phi) is 4.88. The molecule has 1 unspecified atom stereocenters. The first-order valence-corrected chi connectivity index (χ1v) is 8.03. The molecule has 3 rings (SSSR count). The van der Waals surface area contributed by atoms with Crippen LogP contribution in [0.2, 0.25) is 0 Å². The summed E-state index contributed by atoms with van der Waals surface area (Å²) >= 11 is 1.40. The highest BCUT2D eigenvalue weighted by Gasteiger charge is 2.26. The molecule has 2 heterocycles. The predicted octanol–water partition coefficient (Wildman–Crippen LogP) is 2.95. The lowest BCUT2D eigenvalue weighted by Gasteiger charge is -2.32. The SMILES string of the molecule is O=C(c1cccs1)N1CCOC(COc2ccc(F)c(F)c2)C1. The summed E-state index contributed by atoms with van der Waals surface area (Å²) in [6.45, 7) is 1.51. The topological polar surface area (TPSA) is 38.8 Å². The van der Waals surface area contributed by atoms with E-state index in [1.54, 1.807) is 11.0 Å². The van der Waals surface area contributed by atoms with Gasteiger partial charge >= 0.3 is 0 Å². The van der Waals surface area contributed by atoms with E-state index in [-0.39, 0.29) is 24.4 Å². The van der Waals surface area contributed by atoms with E-state index < -0.39 is 11.6 Å². The van der Waals surface area contributed by atoms with Crippen LogP contribution in [0.5, 0.6) is 5.75 Å². The standard InChI is InChI=1S/C16H15F2NO3S/c17-13-4-3-11(8-14(13)18)22-10-12-9-19(5-6-21-12)16(20)15-2-1-7-23-15/h1-4,7-8,12H,5-6,9-10H2. The van der Waals surface area contributed by atoms with Crippen LogP contribution in [0.25, 0.3) is 0 Å². The number of morpholine rings is 1. The van der Waals surface area contributed by atoms with Crippen molar-refractivity contribution in [3.05, 3.63) is 52.2 Å². The average Bonchev–Trinajstić information content (AvgIpc) is 3.10. The van der Waals surface area contributed by atoms with Gasteiger partial charge in [-0.25, -0.2) is 8.78 Å². The fourth-order valence-corrected chi connectivity index (χ4v) is 3.01. The van der Waals surface area contributed by atoms with Crippen molar-refractivity contribution in [1.29, 1.82) is 0 Å². The van der Waals surface area contributed by atoms with E-state index >= 15 is 0 Å². The van der Waals surface area contributed by atoms with Gasteiger partial charge in [0.25, 0.3) is 5.91 Å². The van der Waals surface area contributed by atoms with E-state index in [1.165, 1.54) is 17.4 Å². The highest BCUT2D eigenvalue weighted by Crippen LogP contribution is 2.18. The molecule has 1 aliphatic heterocycles. The summed E-state index contributed by atoms with van der Waals surface area (Å²) < 4.78 is 37.0. The number of carbonyl (C=O) groups excluding carboxylic acids is 1. The van der Waals surface area contributed by atoms with Gasteiger partial charge < -0.3 is 14.4 Å². The molecular formula is C16H15F2NO3S. The van der Waals surface area contributed by atoms with Crippen molar-refractivity contribution in [3.8, 4) is 5.75 Å². The van der Waals surface area contributed by atoms with Gasteiger partial charge in [0, 0.05) is 12.6 Å². The number of rotatable bonds is 4. The van der Waals surface area contributed by atoms with E-state index in [0.717, 1.165) is 12.1 Å². The van der Waals surface area contributed by atoms with Gasteiger partial charge in [-0.05, 0) is 23.6 Å². The molecule has 0 N–H and O–H groups in total. The fraction of sp³-hybridized carbons (Fsp3) is 0.312. The Morgan fingerprint density at radius 2 is 2.22 bits per heavy atom. The Hall–Kier alpha value is -1.99. The quantitative estimate of drug-likeness (QED) is 0.860. The highest BCUT2D eigenvalue weighted by molar-refractivity contribution is 7.12. The van der Waals surface area contributed by atoms with Crippen molar-refractivity contribution in [2.24, 2.45) is 0 Å². The van der Waals surface area contributed by atoms with E-state index in [0.29, 0.717) is 24.6 Å². The molecule has 1 aromatic carbocycles. The summed E-state index contributed by atoms with van der Waals surface area (Å²) in [6.07, 6.45) is -0.305. The maximum Gasteiger partial charge on any atom is 0.264 e. The minimum absolute atomic E-state index is 0.0267. The Morgan fingerprint density at radius 1 is 1.35 bits per heavy atom. The lowest BCUT2D eigenvalue weighted by Crippen LogP contribution is -2.47. The summed E-state index contributed by atoms with van der Waals surface area (Å²) in [5, 5.41) is 1.86. The second kappa shape index (κ2) is 7.06. The first-order valence-electron chi connectivity index (χ1n) is 7.16. The molecule has 2 aromatic rings. The number of nitrogens with zero attached hydrogens (tertiary/aromatic N) is 1. The van der Waals surface area contributed by atoms with E-state index in [4.69, 9.17) is 9.47 Å². The lowest BCUT2D eigenvalue weighted by atomic mass is 10.2. The monoisotopic (exact) mass is 339 g/mol. The summed E-state index contributed by atoms with van der Waals surface area (Å²) in [5.74, 6) is -1.67. The molecule has 4 nitrogen and oxygen atoms in total. The number of hydrogen-bond donors (Lipinski definition) is 0. The third-order valence-corrected chi connectivity index (χ3v) is 4.34. The molecule has 23 heavy (non-hydrogen) atoms. The number of benzene rings is 1. The summed E-state index contributed by atoms with van der Waals surface area (Å²) in [7, 11) is 0. The first kappa shape index (κ1) is 15.9. The molecule has 0 bridgehead atoms. The van der Waals surface area contributed by atoms with Gasteiger partial charge in [-0.3, -0.25) is 4.79 Å². The Labute approximate surface area is 136 Å².